The summed E-state index contributed by atoms with van der Waals surface area (Å²) in [7, 11) is 0. The number of hydrogen-bond acceptors (Lipinski definition) is 4. The molecular weight excluding hydrogens is 218 g/mol. The van der Waals surface area contributed by atoms with Gasteiger partial charge in [0.25, 0.3) is 0 Å². The first-order chi connectivity index (χ1) is 8.24. The number of nitrogens with zero attached hydrogens (tertiary/aromatic N) is 1. The first-order valence-electron chi connectivity index (χ1n) is 6.57. The third-order valence-electron chi connectivity index (χ3n) is 3.95. The van der Waals surface area contributed by atoms with Gasteiger partial charge in [-0.3, -0.25) is 19.8 Å². The Morgan fingerprint density at radius 2 is 2.06 bits per heavy atom. The maximum atomic E-state index is 11.7. The van der Waals surface area contributed by atoms with E-state index in [1.54, 1.807) is 0 Å². The number of nitrogens with one attached hydrogen (secondary N) is 2. The van der Waals surface area contributed by atoms with E-state index in [2.05, 4.69) is 15.5 Å². The van der Waals surface area contributed by atoms with E-state index in [4.69, 9.17) is 0 Å². The Morgan fingerprint density at radius 1 is 1.24 bits per heavy atom. The standard InChI is InChI=1S/C12H19N3O2/c16-11-6-10(12(17)14-11)15(9-3-4-9)7-8-2-1-5-13-8/h8-10,13H,1-7H2,(H,14,16,17). The van der Waals surface area contributed by atoms with E-state index in [1.165, 1.54) is 25.7 Å². The Morgan fingerprint density at radius 3 is 2.59 bits per heavy atom. The lowest BCUT2D eigenvalue weighted by Crippen LogP contribution is -2.47. The van der Waals surface area contributed by atoms with Gasteiger partial charge in [-0.2, -0.15) is 0 Å². The van der Waals surface area contributed by atoms with Gasteiger partial charge in [-0.15, -0.1) is 0 Å². The lowest BCUT2D eigenvalue weighted by molar-refractivity contribution is -0.126. The first kappa shape index (κ1) is 11.2. The highest BCUT2D eigenvalue weighted by atomic mass is 16.2. The van der Waals surface area contributed by atoms with Crippen LogP contribution in [0.2, 0.25) is 0 Å². The van der Waals surface area contributed by atoms with Crippen molar-refractivity contribution < 1.29 is 9.59 Å². The highest BCUT2D eigenvalue weighted by Gasteiger charge is 2.42. The van der Waals surface area contributed by atoms with Crippen LogP contribution in [0.4, 0.5) is 0 Å². The molecule has 0 aromatic heterocycles. The Labute approximate surface area is 101 Å². The Balaban J connectivity index is 1.66. The molecule has 3 fully saturated rings. The lowest BCUT2D eigenvalue weighted by atomic mass is 10.1. The molecule has 2 heterocycles. The fourth-order valence-corrected chi connectivity index (χ4v) is 2.91. The number of hydrogen-bond donors (Lipinski definition) is 2. The summed E-state index contributed by atoms with van der Waals surface area (Å²) in [5.41, 5.74) is 0. The predicted octanol–water partition coefficient (Wildman–Crippen LogP) is -0.382. The van der Waals surface area contributed by atoms with Crippen molar-refractivity contribution in [3.8, 4) is 0 Å². The van der Waals surface area contributed by atoms with Crippen LogP contribution in [0.25, 0.3) is 0 Å². The summed E-state index contributed by atoms with van der Waals surface area (Å²) in [4.78, 5) is 25.3. The van der Waals surface area contributed by atoms with Crippen LogP contribution in [-0.2, 0) is 9.59 Å². The van der Waals surface area contributed by atoms with Crippen molar-refractivity contribution >= 4 is 11.8 Å². The van der Waals surface area contributed by atoms with E-state index >= 15 is 0 Å². The molecule has 2 amide bonds. The molecule has 2 unspecified atom stereocenters. The smallest absolute Gasteiger partial charge is 0.244 e. The average molecular weight is 237 g/mol. The zero-order valence-electron chi connectivity index (χ0n) is 9.95. The van der Waals surface area contributed by atoms with Gasteiger partial charge in [0, 0.05) is 18.6 Å². The zero-order valence-corrected chi connectivity index (χ0v) is 9.95. The molecule has 2 saturated heterocycles. The SMILES string of the molecule is O=C1CC(N(CC2CCCN2)C2CC2)C(=O)N1. The van der Waals surface area contributed by atoms with Crippen LogP contribution in [0, 0.1) is 0 Å². The molecule has 0 aromatic rings. The summed E-state index contributed by atoms with van der Waals surface area (Å²) in [6.07, 6.45) is 5.10. The average Bonchev–Trinajstić information content (AvgIpc) is 2.90. The van der Waals surface area contributed by atoms with E-state index in [9.17, 15) is 9.59 Å². The van der Waals surface area contributed by atoms with Gasteiger partial charge >= 0.3 is 0 Å². The van der Waals surface area contributed by atoms with Crippen molar-refractivity contribution in [2.24, 2.45) is 0 Å². The second-order valence-corrected chi connectivity index (χ2v) is 5.35. The monoisotopic (exact) mass is 237 g/mol. The van der Waals surface area contributed by atoms with E-state index in [0.717, 1.165) is 13.1 Å². The predicted molar refractivity (Wildman–Crippen MR) is 62.3 cm³/mol. The molecular formula is C12H19N3O2. The van der Waals surface area contributed by atoms with Gasteiger partial charge < -0.3 is 5.32 Å². The first-order valence-corrected chi connectivity index (χ1v) is 6.57. The van der Waals surface area contributed by atoms with E-state index in [1.807, 2.05) is 0 Å². The van der Waals surface area contributed by atoms with Gasteiger partial charge in [-0.25, -0.2) is 0 Å². The molecule has 0 radical (unpaired) electrons. The zero-order chi connectivity index (χ0) is 11.8. The van der Waals surface area contributed by atoms with Gasteiger partial charge in [0.1, 0.15) is 0 Å². The minimum absolute atomic E-state index is 0.0973. The molecule has 5 nitrogen and oxygen atoms in total. The van der Waals surface area contributed by atoms with Crippen LogP contribution in [-0.4, -0.2) is 47.9 Å². The molecule has 0 aromatic carbocycles. The van der Waals surface area contributed by atoms with E-state index in [-0.39, 0.29) is 17.9 Å². The molecule has 3 rings (SSSR count). The van der Waals surface area contributed by atoms with Gasteiger partial charge in [-0.1, -0.05) is 0 Å². The fraction of sp³-hybridized carbons (Fsp3) is 0.833. The quantitative estimate of drug-likeness (QED) is 0.654. The second-order valence-electron chi connectivity index (χ2n) is 5.35. The molecule has 94 valence electrons. The van der Waals surface area contributed by atoms with Crippen molar-refractivity contribution in [2.45, 2.75) is 50.2 Å². The van der Waals surface area contributed by atoms with Crippen LogP contribution in [0.15, 0.2) is 0 Å². The largest absolute Gasteiger partial charge is 0.313 e. The summed E-state index contributed by atoms with van der Waals surface area (Å²) >= 11 is 0. The molecule has 1 aliphatic carbocycles. The summed E-state index contributed by atoms with van der Waals surface area (Å²) in [6, 6.07) is 0.815. The van der Waals surface area contributed by atoms with Gasteiger partial charge in [0.05, 0.1) is 12.5 Å². The molecule has 2 atom stereocenters. The van der Waals surface area contributed by atoms with Crippen LogP contribution in [0.1, 0.15) is 32.1 Å². The minimum Gasteiger partial charge on any atom is -0.313 e. The minimum atomic E-state index is -0.211. The third kappa shape index (κ3) is 2.35. The van der Waals surface area contributed by atoms with Crippen molar-refractivity contribution in [3.63, 3.8) is 0 Å². The van der Waals surface area contributed by atoms with Crippen LogP contribution in [0.5, 0.6) is 0 Å². The van der Waals surface area contributed by atoms with Crippen molar-refractivity contribution in [1.82, 2.24) is 15.5 Å². The molecule has 5 heteroatoms. The summed E-state index contributed by atoms with van der Waals surface area (Å²) < 4.78 is 0. The number of amides is 2. The van der Waals surface area contributed by atoms with E-state index < -0.39 is 0 Å². The van der Waals surface area contributed by atoms with Crippen molar-refractivity contribution in [2.75, 3.05) is 13.1 Å². The number of imide groups is 1. The van der Waals surface area contributed by atoms with Gasteiger partial charge in [0.2, 0.25) is 11.8 Å². The topological polar surface area (TPSA) is 61.4 Å². The molecule has 0 spiro atoms. The molecule has 2 N–H and O–H groups in total. The second kappa shape index (κ2) is 4.38. The van der Waals surface area contributed by atoms with Crippen LogP contribution in [0.3, 0.4) is 0 Å². The van der Waals surface area contributed by atoms with E-state index in [0.29, 0.717) is 18.5 Å². The van der Waals surface area contributed by atoms with Crippen molar-refractivity contribution in [3.05, 3.63) is 0 Å². The Bertz CT molecular complexity index is 335. The Hall–Kier alpha value is -0.940. The maximum absolute atomic E-state index is 11.7. The molecule has 3 aliphatic rings. The number of carbonyl (C=O) groups is 2. The van der Waals surface area contributed by atoms with Crippen LogP contribution < -0.4 is 10.6 Å². The molecule has 1 saturated carbocycles. The molecule has 0 bridgehead atoms. The van der Waals surface area contributed by atoms with Crippen LogP contribution >= 0.6 is 0 Å². The Kier molecular flexibility index (Phi) is 2.88. The third-order valence-corrected chi connectivity index (χ3v) is 3.95. The van der Waals surface area contributed by atoms with Gasteiger partial charge in [-0.05, 0) is 32.2 Å². The highest BCUT2D eigenvalue weighted by molar-refractivity contribution is 6.05. The molecule has 2 aliphatic heterocycles. The summed E-state index contributed by atoms with van der Waals surface area (Å²) in [6.45, 7) is 2.00. The highest BCUT2D eigenvalue weighted by Crippen LogP contribution is 2.31. The van der Waals surface area contributed by atoms with Gasteiger partial charge in [0.15, 0.2) is 0 Å². The maximum Gasteiger partial charge on any atom is 0.244 e. The summed E-state index contributed by atoms with van der Waals surface area (Å²) in [5, 5.41) is 5.88. The lowest BCUT2D eigenvalue weighted by Gasteiger charge is -2.29. The number of carbonyl (C=O) groups excluding carboxylic acids is 2. The summed E-state index contributed by atoms with van der Waals surface area (Å²) in [5.74, 6) is -0.218. The molecule has 17 heavy (non-hydrogen) atoms. The van der Waals surface area contributed by atoms with Crippen molar-refractivity contribution in [1.29, 1.82) is 0 Å². The normalized spacial score (nSPS) is 33.5. The number of rotatable bonds is 4. The fourth-order valence-electron chi connectivity index (χ4n) is 2.91.